The molecule has 3 fully saturated rings. The van der Waals surface area contributed by atoms with E-state index in [-0.39, 0.29) is 23.8 Å². The highest BCUT2D eigenvalue weighted by Gasteiger charge is 2.74. The zero-order chi connectivity index (χ0) is 21.7. The molecular formula is C24H22BrN3O3. The van der Waals surface area contributed by atoms with E-state index >= 15 is 0 Å². The summed E-state index contributed by atoms with van der Waals surface area (Å²) < 4.78 is 0.707. The fourth-order valence-corrected chi connectivity index (χ4v) is 7.02. The average molecular weight is 480 g/mol. The van der Waals surface area contributed by atoms with Gasteiger partial charge in [-0.05, 0) is 72.9 Å². The monoisotopic (exact) mass is 479 g/mol. The largest absolute Gasteiger partial charge is 0.324 e. The molecule has 1 N–H and O–H groups in total. The zero-order valence-corrected chi connectivity index (χ0v) is 18.9. The van der Waals surface area contributed by atoms with Gasteiger partial charge in [-0.3, -0.25) is 19.3 Å². The van der Waals surface area contributed by atoms with Gasteiger partial charge in [0.05, 0.1) is 17.5 Å². The van der Waals surface area contributed by atoms with Gasteiger partial charge in [-0.25, -0.2) is 4.90 Å². The summed E-state index contributed by atoms with van der Waals surface area (Å²) in [7, 11) is 0. The Balaban J connectivity index is 1.57. The zero-order valence-electron chi connectivity index (χ0n) is 17.3. The van der Waals surface area contributed by atoms with E-state index in [9.17, 15) is 14.4 Å². The summed E-state index contributed by atoms with van der Waals surface area (Å²) >= 11 is 3.53. The Hall–Kier alpha value is -2.51. The van der Waals surface area contributed by atoms with Crippen molar-refractivity contribution in [1.29, 1.82) is 0 Å². The van der Waals surface area contributed by atoms with Crippen LogP contribution in [0.2, 0.25) is 0 Å². The van der Waals surface area contributed by atoms with Crippen LogP contribution in [0.1, 0.15) is 29.5 Å². The Labute approximate surface area is 188 Å². The number of aryl methyl sites for hydroxylation is 2. The number of hydrogen-bond donors (Lipinski definition) is 1. The van der Waals surface area contributed by atoms with Gasteiger partial charge < -0.3 is 5.32 Å². The second-order valence-corrected chi connectivity index (χ2v) is 10.00. The lowest BCUT2D eigenvalue weighted by molar-refractivity contribution is -0.135. The van der Waals surface area contributed by atoms with Crippen molar-refractivity contribution >= 4 is 45.0 Å². The van der Waals surface area contributed by atoms with Gasteiger partial charge in [0.1, 0.15) is 5.54 Å². The smallest absolute Gasteiger partial charge is 0.250 e. The van der Waals surface area contributed by atoms with Crippen molar-refractivity contribution in [2.24, 2.45) is 11.8 Å². The number of nitrogens with one attached hydrogen (secondary N) is 1. The first-order valence-electron chi connectivity index (χ1n) is 10.7. The highest BCUT2D eigenvalue weighted by atomic mass is 79.9. The van der Waals surface area contributed by atoms with Crippen LogP contribution in [0.5, 0.6) is 0 Å². The van der Waals surface area contributed by atoms with Gasteiger partial charge in [0.2, 0.25) is 17.7 Å². The molecule has 0 saturated carbocycles. The van der Waals surface area contributed by atoms with Crippen LogP contribution in [0.25, 0.3) is 0 Å². The molecule has 158 valence electrons. The quantitative estimate of drug-likeness (QED) is 0.635. The number of benzene rings is 2. The van der Waals surface area contributed by atoms with Crippen LogP contribution in [0, 0.1) is 25.7 Å². The van der Waals surface area contributed by atoms with Crippen molar-refractivity contribution in [3.05, 3.63) is 57.6 Å². The lowest BCUT2D eigenvalue weighted by Crippen LogP contribution is -2.54. The van der Waals surface area contributed by atoms with Gasteiger partial charge in [-0.1, -0.05) is 23.8 Å². The van der Waals surface area contributed by atoms with E-state index in [0.717, 1.165) is 35.2 Å². The summed E-state index contributed by atoms with van der Waals surface area (Å²) in [6, 6.07) is 11.4. The van der Waals surface area contributed by atoms with E-state index in [1.54, 1.807) is 0 Å². The first-order chi connectivity index (χ1) is 14.9. The number of amides is 3. The molecule has 7 heteroatoms. The Bertz CT molecular complexity index is 1190. The van der Waals surface area contributed by atoms with Crippen molar-refractivity contribution < 1.29 is 14.4 Å². The van der Waals surface area contributed by atoms with Crippen LogP contribution < -0.4 is 10.2 Å². The first-order valence-corrected chi connectivity index (χ1v) is 11.5. The minimum atomic E-state index is -1.12. The molecule has 4 aliphatic rings. The molecule has 6 nitrogen and oxygen atoms in total. The maximum absolute atomic E-state index is 13.9. The van der Waals surface area contributed by atoms with E-state index in [0.29, 0.717) is 16.7 Å². The molecule has 1 spiro atoms. The van der Waals surface area contributed by atoms with Crippen molar-refractivity contribution in [1.82, 2.24) is 4.90 Å². The van der Waals surface area contributed by atoms with Crippen molar-refractivity contribution in [3.8, 4) is 0 Å². The summed E-state index contributed by atoms with van der Waals surface area (Å²) in [6.07, 6.45) is 1.74. The topological polar surface area (TPSA) is 69.7 Å². The molecule has 0 aromatic heterocycles. The van der Waals surface area contributed by atoms with Crippen molar-refractivity contribution in [3.63, 3.8) is 0 Å². The van der Waals surface area contributed by atoms with Gasteiger partial charge >= 0.3 is 0 Å². The number of nitrogens with zero attached hydrogens (tertiary/aromatic N) is 2. The molecule has 31 heavy (non-hydrogen) atoms. The molecule has 2 aromatic carbocycles. The minimum Gasteiger partial charge on any atom is -0.324 e. The normalized spacial score (nSPS) is 31.4. The molecule has 4 aliphatic heterocycles. The molecule has 3 saturated heterocycles. The summed E-state index contributed by atoms with van der Waals surface area (Å²) in [5, 5.41) is 3.02. The van der Waals surface area contributed by atoms with Crippen molar-refractivity contribution in [2.45, 2.75) is 38.3 Å². The molecule has 0 aliphatic carbocycles. The maximum atomic E-state index is 13.9. The third-order valence-electron chi connectivity index (χ3n) is 7.49. The number of carbonyl (C=O) groups excluding carboxylic acids is 3. The van der Waals surface area contributed by atoms with Gasteiger partial charge in [0.15, 0.2) is 0 Å². The predicted octanol–water partition coefficient (Wildman–Crippen LogP) is 3.50. The number of carbonyl (C=O) groups is 3. The molecule has 3 amide bonds. The number of anilines is 2. The van der Waals surface area contributed by atoms with E-state index < -0.39 is 17.4 Å². The lowest BCUT2D eigenvalue weighted by Gasteiger charge is -2.36. The van der Waals surface area contributed by atoms with E-state index in [1.165, 1.54) is 4.90 Å². The molecule has 2 aromatic rings. The van der Waals surface area contributed by atoms with Crippen LogP contribution >= 0.6 is 15.9 Å². The fraction of sp³-hybridized carbons (Fsp3) is 0.375. The van der Waals surface area contributed by atoms with Crippen LogP contribution in [0.3, 0.4) is 0 Å². The highest BCUT2D eigenvalue weighted by molar-refractivity contribution is 9.10. The number of fused-ring (bicyclic) bond motifs is 7. The van der Waals surface area contributed by atoms with E-state index in [4.69, 9.17) is 0 Å². The van der Waals surface area contributed by atoms with Crippen LogP contribution in [0.15, 0.2) is 40.9 Å². The molecule has 0 unspecified atom stereocenters. The minimum absolute atomic E-state index is 0.104. The van der Waals surface area contributed by atoms with E-state index in [1.807, 2.05) is 50.2 Å². The van der Waals surface area contributed by atoms with Gasteiger partial charge in [-0.15, -0.1) is 0 Å². The number of hydrogen-bond acceptors (Lipinski definition) is 4. The number of rotatable bonds is 1. The second-order valence-electron chi connectivity index (χ2n) is 9.14. The fourth-order valence-electron chi connectivity index (χ4n) is 6.35. The summed E-state index contributed by atoms with van der Waals surface area (Å²) in [5.41, 5.74) is 3.08. The molecular weight excluding hydrogens is 458 g/mol. The lowest BCUT2D eigenvalue weighted by atomic mass is 9.75. The predicted molar refractivity (Wildman–Crippen MR) is 120 cm³/mol. The van der Waals surface area contributed by atoms with Gasteiger partial charge in [-0.2, -0.15) is 0 Å². The van der Waals surface area contributed by atoms with Gasteiger partial charge in [0.25, 0.3) is 0 Å². The summed E-state index contributed by atoms with van der Waals surface area (Å²) in [6.45, 7) is 4.67. The third kappa shape index (κ3) is 2.23. The Morgan fingerprint density at radius 2 is 1.77 bits per heavy atom. The molecule has 6 rings (SSSR count). The average Bonchev–Trinajstić information content (AvgIpc) is 3.42. The Kier molecular flexibility index (Phi) is 3.88. The molecule has 4 atom stereocenters. The molecule has 0 bridgehead atoms. The van der Waals surface area contributed by atoms with E-state index in [2.05, 4.69) is 26.1 Å². The SMILES string of the molecule is Cc1ccc(N2C(=O)[C@@H]3[C@H]4CCCN4[C@@]4(C(=O)Nc5ccc(C)cc54)[C@H]3C2=O)c(Br)c1. The standard InChI is InChI=1S/C24H22BrN3O3/c1-12-5-7-16-14(10-12)24(23(31)26-16)20-19(18-4-3-9-27(18)24)21(29)28(22(20)30)17-8-6-13(2)11-15(17)25/h5-8,10-11,18-20H,3-4,9H2,1-2H3,(H,26,31)/t18-,19-,20-,24-/m1/s1. The summed E-state index contributed by atoms with van der Waals surface area (Å²) in [5.74, 6) is -1.89. The second kappa shape index (κ2) is 6.26. The molecule has 4 heterocycles. The first kappa shape index (κ1) is 19.2. The van der Waals surface area contributed by atoms with Crippen LogP contribution in [-0.4, -0.2) is 35.2 Å². The Morgan fingerprint density at radius 3 is 2.55 bits per heavy atom. The highest BCUT2D eigenvalue weighted by Crippen LogP contribution is 2.61. The number of halogens is 1. The van der Waals surface area contributed by atoms with Crippen LogP contribution in [0.4, 0.5) is 11.4 Å². The number of imide groups is 1. The summed E-state index contributed by atoms with van der Waals surface area (Å²) in [4.78, 5) is 44.8. The van der Waals surface area contributed by atoms with Gasteiger partial charge in [0, 0.05) is 21.8 Å². The Morgan fingerprint density at radius 1 is 1.03 bits per heavy atom. The third-order valence-corrected chi connectivity index (χ3v) is 8.13. The maximum Gasteiger partial charge on any atom is 0.250 e. The molecule has 0 radical (unpaired) electrons. The van der Waals surface area contributed by atoms with Crippen LogP contribution in [-0.2, 0) is 19.9 Å². The van der Waals surface area contributed by atoms with Crippen molar-refractivity contribution in [2.75, 3.05) is 16.8 Å².